The lowest BCUT2D eigenvalue weighted by atomic mass is 10.00. The van der Waals surface area contributed by atoms with Gasteiger partial charge in [-0.15, -0.1) is 0 Å². The Morgan fingerprint density at radius 1 is 0.920 bits per heavy atom. The first-order chi connectivity index (χ1) is 12.2. The molecule has 0 spiro atoms. The molecule has 1 aliphatic heterocycles. The molecule has 0 saturated heterocycles. The molecule has 3 nitrogen and oxygen atoms in total. The maximum Gasteiger partial charge on any atom is 0.145 e. The fraction of sp³-hybridized carbons (Fsp3) is 0.136. The highest BCUT2D eigenvalue weighted by atomic mass is 15.2. The second-order valence-electron chi connectivity index (χ2n) is 6.75. The topological polar surface area (TPSA) is 29.9 Å². The van der Waals surface area contributed by atoms with Crippen LogP contribution < -0.4 is 5.32 Å². The van der Waals surface area contributed by atoms with Crippen molar-refractivity contribution in [1.29, 1.82) is 0 Å². The largest absolute Gasteiger partial charge is 0.361 e. The van der Waals surface area contributed by atoms with Crippen molar-refractivity contribution in [3.05, 3.63) is 83.4 Å². The van der Waals surface area contributed by atoms with Crippen molar-refractivity contribution < 1.29 is 0 Å². The highest BCUT2D eigenvalue weighted by Crippen LogP contribution is 2.41. The summed E-state index contributed by atoms with van der Waals surface area (Å²) < 4.78 is 2.33. The van der Waals surface area contributed by atoms with Crippen LogP contribution in [0.15, 0.2) is 66.7 Å². The third-order valence-electron chi connectivity index (χ3n) is 5.04. The zero-order valence-corrected chi connectivity index (χ0v) is 14.3. The highest BCUT2D eigenvalue weighted by molar-refractivity contribution is 5.86. The van der Waals surface area contributed by atoms with Gasteiger partial charge in [0.1, 0.15) is 12.0 Å². The van der Waals surface area contributed by atoms with Gasteiger partial charge < -0.3 is 5.32 Å². The van der Waals surface area contributed by atoms with Crippen molar-refractivity contribution in [2.45, 2.75) is 20.0 Å². The summed E-state index contributed by atoms with van der Waals surface area (Å²) in [6.07, 6.45) is 0.0391. The Morgan fingerprint density at radius 2 is 1.72 bits per heavy atom. The van der Waals surface area contributed by atoms with E-state index in [1.165, 1.54) is 16.7 Å². The van der Waals surface area contributed by atoms with Crippen molar-refractivity contribution in [3.63, 3.8) is 0 Å². The molecule has 4 aromatic rings. The minimum Gasteiger partial charge on any atom is -0.361 e. The maximum absolute atomic E-state index is 4.95. The van der Waals surface area contributed by atoms with E-state index in [1.54, 1.807) is 0 Å². The number of nitrogens with one attached hydrogen (secondary N) is 1. The molecule has 0 amide bonds. The zero-order chi connectivity index (χ0) is 17.0. The van der Waals surface area contributed by atoms with Gasteiger partial charge in [0.05, 0.1) is 11.0 Å². The average Bonchev–Trinajstić information content (AvgIpc) is 3.03. The zero-order valence-electron chi connectivity index (χ0n) is 14.3. The van der Waals surface area contributed by atoms with Crippen LogP contribution in [0.5, 0.6) is 0 Å². The first-order valence-electron chi connectivity index (χ1n) is 8.62. The number of fused-ring (bicyclic) bond motifs is 5. The molecule has 0 bridgehead atoms. The van der Waals surface area contributed by atoms with Gasteiger partial charge >= 0.3 is 0 Å². The predicted octanol–water partition coefficient (Wildman–Crippen LogP) is 5.29. The van der Waals surface area contributed by atoms with Gasteiger partial charge in [-0.2, -0.15) is 0 Å². The van der Waals surface area contributed by atoms with Gasteiger partial charge in [0.2, 0.25) is 0 Å². The quantitative estimate of drug-likeness (QED) is 0.515. The molecule has 25 heavy (non-hydrogen) atoms. The van der Waals surface area contributed by atoms with Crippen LogP contribution in [0.1, 0.15) is 22.9 Å². The molecule has 5 rings (SSSR count). The Hall–Kier alpha value is -3.07. The fourth-order valence-corrected chi connectivity index (χ4v) is 3.78. The number of aryl methyl sites for hydroxylation is 2. The second-order valence-corrected chi connectivity index (χ2v) is 6.75. The molecule has 0 saturated carbocycles. The standard InChI is InChI=1S/C22H19N3/c1-14-11-12-15(2)17(13-14)22-23-18-8-4-3-7-16(18)21-24-19-9-5-6-10-20(19)25(21)22/h3-13,22-23H,1-2H3. The number of para-hydroxylation sites is 3. The van der Waals surface area contributed by atoms with E-state index in [1.807, 2.05) is 6.07 Å². The van der Waals surface area contributed by atoms with Crippen molar-refractivity contribution in [2.75, 3.05) is 5.32 Å². The van der Waals surface area contributed by atoms with Gasteiger partial charge in [0, 0.05) is 11.3 Å². The Labute approximate surface area is 147 Å². The van der Waals surface area contributed by atoms with E-state index in [4.69, 9.17) is 4.98 Å². The first-order valence-corrected chi connectivity index (χ1v) is 8.62. The van der Waals surface area contributed by atoms with E-state index >= 15 is 0 Å². The van der Waals surface area contributed by atoms with Gasteiger partial charge in [-0.3, -0.25) is 4.57 Å². The van der Waals surface area contributed by atoms with E-state index in [2.05, 4.69) is 84.4 Å². The summed E-state index contributed by atoms with van der Waals surface area (Å²) in [7, 11) is 0. The molecular formula is C22H19N3. The van der Waals surface area contributed by atoms with Crippen molar-refractivity contribution in [1.82, 2.24) is 9.55 Å². The number of benzene rings is 3. The van der Waals surface area contributed by atoms with Gasteiger partial charge in [-0.05, 0) is 49.2 Å². The summed E-state index contributed by atoms with van der Waals surface area (Å²) >= 11 is 0. The lowest BCUT2D eigenvalue weighted by Gasteiger charge is -2.31. The van der Waals surface area contributed by atoms with Crippen LogP contribution >= 0.6 is 0 Å². The molecule has 0 aliphatic carbocycles. The molecule has 122 valence electrons. The van der Waals surface area contributed by atoms with E-state index < -0.39 is 0 Å². The summed E-state index contributed by atoms with van der Waals surface area (Å²) in [5.41, 5.74) is 8.32. The average molecular weight is 325 g/mol. The molecule has 1 unspecified atom stereocenters. The van der Waals surface area contributed by atoms with Crippen LogP contribution in [0.2, 0.25) is 0 Å². The van der Waals surface area contributed by atoms with Crippen LogP contribution in [0.3, 0.4) is 0 Å². The molecule has 3 heteroatoms. The molecule has 2 heterocycles. The Bertz CT molecular complexity index is 1110. The van der Waals surface area contributed by atoms with E-state index in [0.717, 1.165) is 28.1 Å². The monoisotopic (exact) mass is 325 g/mol. The Kier molecular flexibility index (Phi) is 2.98. The fourth-order valence-electron chi connectivity index (χ4n) is 3.78. The number of hydrogen-bond acceptors (Lipinski definition) is 2. The summed E-state index contributed by atoms with van der Waals surface area (Å²) in [6.45, 7) is 4.32. The van der Waals surface area contributed by atoms with Gasteiger partial charge in [0.15, 0.2) is 0 Å². The lowest BCUT2D eigenvalue weighted by molar-refractivity contribution is 0.664. The number of anilines is 1. The summed E-state index contributed by atoms with van der Waals surface area (Å²) in [5, 5.41) is 3.74. The summed E-state index contributed by atoms with van der Waals surface area (Å²) in [4.78, 5) is 4.95. The molecule has 1 N–H and O–H groups in total. The van der Waals surface area contributed by atoms with Crippen LogP contribution in [0.4, 0.5) is 5.69 Å². The maximum atomic E-state index is 4.95. The second kappa shape index (κ2) is 5.21. The van der Waals surface area contributed by atoms with Crippen LogP contribution in [0, 0.1) is 13.8 Å². The van der Waals surface area contributed by atoms with E-state index in [-0.39, 0.29) is 6.17 Å². The molecule has 0 fully saturated rings. The Balaban J connectivity index is 1.85. The minimum absolute atomic E-state index is 0.0391. The normalized spacial score (nSPS) is 15.5. The summed E-state index contributed by atoms with van der Waals surface area (Å²) in [5.74, 6) is 1.03. The summed E-state index contributed by atoms with van der Waals surface area (Å²) in [6, 6.07) is 23.4. The molecule has 1 atom stereocenters. The Morgan fingerprint density at radius 3 is 2.64 bits per heavy atom. The molecule has 1 aromatic heterocycles. The number of rotatable bonds is 1. The van der Waals surface area contributed by atoms with Gasteiger partial charge in [0.25, 0.3) is 0 Å². The third kappa shape index (κ3) is 2.09. The van der Waals surface area contributed by atoms with Crippen LogP contribution in [-0.2, 0) is 0 Å². The van der Waals surface area contributed by atoms with Crippen LogP contribution in [0.25, 0.3) is 22.4 Å². The predicted molar refractivity (Wildman–Crippen MR) is 103 cm³/mol. The van der Waals surface area contributed by atoms with E-state index in [0.29, 0.717) is 0 Å². The molecule has 3 aromatic carbocycles. The van der Waals surface area contributed by atoms with Crippen molar-refractivity contribution in [2.24, 2.45) is 0 Å². The van der Waals surface area contributed by atoms with Crippen molar-refractivity contribution >= 4 is 16.7 Å². The highest BCUT2D eigenvalue weighted by Gasteiger charge is 2.28. The SMILES string of the molecule is Cc1ccc(C)c(C2Nc3ccccc3-c3nc4ccccc4n32)c1. The number of nitrogens with zero attached hydrogens (tertiary/aromatic N) is 2. The number of imidazole rings is 1. The molecular weight excluding hydrogens is 306 g/mol. The van der Waals surface area contributed by atoms with Crippen LogP contribution in [-0.4, -0.2) is 9.55 Å². The van der Waals surface area contributed by atoms with Crippen molar-refractivity contribution in [3.8, 4) is 11.4 Å². The van der Waals surface area contributed by atoms with Gasteiger partial charge in [-0.1, -0.05) is 48.0 Å². The smallest absolute Gasteiger partial charge is 0.145 e. The lowest BCUT2D eigenvalue weighted by Crippen LogP contribution is -2.25. The van der Waals surface area contributed by atoms with E-state index in [9.17, 15) is 0 Å². The minimum atomic E-state index is 0.0391. The number of aromatic nitrogens is 2. The third-order valence-corrected chi connectivity index (χ3v) is 5.04. The van der Waals surface area contributed by atoms with Gasteiger partial charge in [-0.25, -0.2) is 4.98 Å². The first kappa shape index (κ1) is 14.3. The molecule has 0 radical (unpaired) electrons. The molecule has 1 aliphatic rings. The number of hydrogen-bond donors (Lipinski definition) is 1.